The van der Waals surface area contributed by atoms with Crippen LogP contribution in [0.25, 0.3) is 0 Å². The Kier molecular flexibility index (Phi) is 4.96. The first-order valence-electron chi connectivity index (χ1n) is 8.59. The number of sulfonamides is 1. The molecule has 0 radical (unpaired) electrons. The van der Waals surface area contributed by atoms with E-state index in [2.05, 4.69) is 10.3 Å². The van der Waals surface area contributed by atoms with Crippen LogP contribution in [0, 0.1) is 11.7 Å². The summed E-state index contributed by atoms with van der Waals surface area (Å²) in [6.07, 6.45) is 3.35. The van der Waals surface area contributed by atoms with E-state index in [0.29, 0.717) is 11.6 Å². The molecule has 1 N–H and O–H groups in total. The van der Waals surface area contributed by atoms with Gasteiger partial charge in [0.1, 0.15) is 5.82 Å². The van der Waals surface area contributed by atoms with Gasteiger partial charge in [0, 0.05) is 23.8 Å². The molecule has 1 aliphatic carbocycles. The predicted octanol–water partition coefficient (Wildman–Crippen LogP) is 3.42. The van der Waals surface area contributed by atoms with Crippen LogP contribution in [0.4, 0.5) is 9.52 Å². The minimum absolute atomic E-state index is 0.0159. The number of carbonyl (C=O) groups is 1. The molecule has 2 aliphatic rings. The van der Waals surface area contributed by atoms with Gasteiger partial charge in [0.25, 0.3) is 0 Å². The Labute approximate surface area is 165 Å². The second kappa shape index (κ2) is 7.12. The van der Waals surface area contributed by atoms with Crippen LogP contribution in [0.5, 0.6) is 0 Å². The van der Waals surface area contributed by atoms with Gasteiger partial charge in [-0.1, -0.05) is 18.0 Å². The maximum atomic E-state index is 13.3. The Bertz CT molecular complexity index is 1000. The van der Waals surface area contributed by atoms with E-state index in [1.54, 1.807) is 0 Å². The Hall–Kier alpha value is -1.55. The fraction of sp³-hybridized carbons (Fsp3) is 0.412. The number of benzene rings is 1. The summed E-state index contributed by atoms with van der Waals surface area (Å²) in [5.74, 6) is -0.616. The number of halogens is 2. The molecule has 0 bridgehead atoms. The van der Waals surface area contributed by atoms with E-state index in [1.807, 2.05) is 0 Å². The molecule has 1 amide bonds. The highest BCUT2D eigenvalue weighted by Gasteiger charge is 2.32. The molecule has 0 spiro atoms. The predicted molar refractivity (Wildman–Crippen MR) is 101 cm³/mol. The Morgan fingerprint density at radius 3 is 2.81 bits per heavy atom. The van der Waals surface area contributed by atoms with Crippen LogP contribution < -0.4 is 5.32 Å². The third kappa shape index (κ3) is 3.61. The average Bonchev–Trinajstić information content (AvgIpc) is 2.96. The third-order valence-electron chi connectivity index (χ3n) is 4.93. The standard InChI is InChI=1S/C17H17ClFN3O3S2/c18-12-8-11(4-5-13(12)19)27(24,25)22-7-6-14-15(9-22)26-17(20-14)21-16(23)10-2-1-3-10/h4-5,8,10H,1-3,6-7,9H2,(H,20,21,23). The van der Waals surface area contributed by atoms with Gasteiger partial charge >= 0.3 is 0 Å². The highest BCUT2D eigenvalue weighted by Crippen LogP contribution is 2.33. The van der Waals surface area contributed by atoms with Crippen LogP contribution in [0.1, 0.15) is 29.8 Å². The van der Waals surface area contributed by atoms with Gasteiger partial charge in [-0.3, -0.25) is 4.79 Å². The molecule has 1 aliphatic heterocycles. The Morgan fingerprint density at radius 1 is 1.37 bits per heavy atom. The second-order valence-electron chi connectivity index (χ2n) is 6.67. The molecule has 1 aromatic heterocycles. The number of carbonyl (C=O) groups excluding carboxylic acids is 1. The third-order valence-corrected chi connectivity index (χ3v) is 8.06. The monoisotopic (exact) mass is 429 g/mol. The van der Waals surface area contributed by atoms with Crippen LogP contribution in [-0.2, 0) is 27.8 Å². The molecule has 4 rings (SSSR count). The number of anilines is 1. The minimum Gasteiger partial charge on any atom is -0.302 e. The van der Waals surface area contributed by atoms with Gasteiger partial charge in [0.15, 0.2) is 5.13 Å². The summed E-state index contributed by atoms with van der Waals surface area (Å²) >= 11 is 7.03. The van der Waals surface area contributed by atoms with Crippen LogP contribution in [-0.4, -0.2) is 30.2 Å². The normalized spacial score (nSPS) is 18.0. The number of nitrogens with one attached hydrogen (secondary N) is 1. The molecule has 0 unspecified atom stereocenters. The zero-order valence-corrected chi connectivity index (χ0v) is 16.6. The van der Waals surface area contributed by atoms with Crippen molar-refractivity contribution in [2.75, 3.05) is 11.9 Å². The van der Waals surface area contributed by atoms with Crippen molar-refractivity contribution in [2.45, 2.75) is 37.1 Å². The fourth-order valence-corrected chi connectivity index (χ4v) is 5.88. The van der Waals surface area contributed by atoms with Gasteiger partial charge in [0.2, 0.25) is 15.9 Å². The number of rotatable bonds is 4. The Morgan fingerprint density at radius 2 is 2.15 bits per heavy atom. The number of amides is 1. The molecule has 1 aromatic carbocycles. The lowest BCUT2D eigenvalue weighted by Gasteiger charge is -2.25. The number of fused-ring (bicyclic) bond motifs is 1. The van der Waals surface area contributed by atoms with Gasteiger partial charge in [-0.05, 0) is 31.0 Å². The largest absolute Gasteiger partial charge is 0.302 e. The second-order valence-corrected chi connectivity index (χ2v) is 10.1. The molecule has 2 aromatic rings. The lowest BCUT2D eigenvalue weighted by molar-refractivity contribution is -0.122. The first-order chi connectivity index (χ1) is 12.8. The SMILES string of the molecule is O=C(Nc1nc2c(s1)CN(S(=O)(=O)c1ccc(F)c(Cl)c1)CC2)C1CCC1. The van der Waals surface area contributed by atoms with E-state index in [1.165, 1.54) is 21.7 Å². The van der Waals surface area contributed by atoms with Crippen LogP contribution >= 0.6 is 22.9 Å². The summed E-state index contributed by atoms with van der Waals surface area (Å²) in [6.45, 7) is 0.438. The van der Waals surface area contributed by atoms with Crippen molar-refractivity contribution in [1.82, 2.24) is 9.29 Å². The quantitative estimate of drug-likeness (QED) is 0.807. The van der Waals surface area contributed by atoms with Crippen LogP contribution in [0.2, 0.25) is 5.02 Å². The first kappa shape index (κ1) is 18.8. The summed E-state index contributed by atoms with van der Waals surface area (Å²) in [7, 11) is -3.79. The van der Waals surface area contributed by atoms with Crippen molar-refractivity contribution in [1.29, 1.82) is 0 Å². The number of thiazole rings is 1. The lowest BCUT2D eigenvalue weighted by atomic mass is 9.85. The average molecular weight is 430 g/mol. The van der Waals surface area contributed by atoms with Gasteiger partial charge in [0.05, 0.1) is 22.2 Å². The van der Waals surface area contributed by atoms with Crippen molar-refractivity contribution in [3.05, 3.63) is 39.6 Å². The minimum atomic E-state index is -3.79. The van der Waals surface area contributed by atoms with Crippen LogP contribution in [0.15, 0.2) is 23.1 Å². The number of hydrogen-bond acceptors (Lipinski definition) is 5. The van der Waals surface area contributed by atoms with Crippen molar-refractivity contribution < 1.29 is 17.6 Å². The van der Waals surface area contributed by atoms with Crippen molar-refractivity contribution in [2.24, 2.45) is 5.92 Å². The zero-order valence-electron chi connectivity index (χ0n) is 14.2. The van der Waals surface area contributed by atoms with E-state index in [9.17, 15) is 17.6 Å². The fourth-order valence-electron chi connectivity index (χ4n) is 3.09. The van der Waals surface area contributed by atoms with Gasteiger partial charge < -0.3 is 5.32 Å². The molecule has 0 saturated heterocycles. The molecule has 1 saturated carbocycles. The van der Waals surface area contributed by atoms with Crippen molar-refractivity contribution >= 4 is 44.0 Å². The maximum absolute atomic E-state index is 13.3. The maximum Gasteiger partial charge on any atom is 0.243 e. The summed E-state index contributed by atoms with van der Waals surface area (Å²) in [4.78, 5) is 17.3. The summed E-state index contributed by atoms with van der Waals surface area (Å²) in [5.41, 5.74) is 0.812. The Balaban J connectivity index is 1.52. The highest BCUT2D eigenvalue weighted by molar-refractivity contribution is 7.89. The van der Waals surface area contributed by atoms with Gasteiger partial charge in [-0.15, -0.1) is 11.3 Å². The van der Waals surface area contributed by atoms with Gasteiger partial charge in [-0.25, -0.2) is 17.8 Å². The zero-order chi connectivity index (χ0) is 19.2. The van der Waals surface area contributed by atoms with E-state index in [-0.39, 0.29) is 34.8 Å². The topological polar surface area (TPSA) is 79.4 Å². The molecule has 27 heavy (non-hydrogen) atoms. The first-order valence-corrected chi connectivity index (χ1v) is 11.2. The van der Waals surface area contributed by atoms with E-state index < -0.39 is 15.8 Å². The van der Waals surface area contributed by atoms with Crippen molar-refractivity contribution in [3.8, 4) is 0 Å². The summed E-state index contributed by atoms with van der Waals surface area (Å²) < 4.78 is 40.3. The molecule has 144 valence electrons. The van der Waals surface area contributed by atoms with E-state index >= 15 is 0 Å². The van der Waals surface area contributed by atoms with Crippen molar-refractivity contribution in [3.63, 3.8) is 0 Å². The van der Waals surface area contributed by atoms with E-state index in [4.69, 9.17) is 11.6 Å². The molecular weight excluding hydrogens is 413 g/mol. The molecule has 1 fully saturated rings. The molecule has 6 nitrogen and oxygen atoms in total. The molecule has 10 heteroatoms. The number of aromatic nitrogens is 1. The number of nitrogens with zero attached hydrogens (tertiary/aromatic N) is 2. The summed E-state index contributed by atoms with van der Waals surface area (Å²) in [6, 6.07) is 3.38. The van der Waals surface area contributed by atoms with E-state index in [0.717, 1.165) is 42.0 Å². The van der Waals surface area contributed by atoms with Gasteiger partial charge in [-0.2, -0.15) is 4.31 Å². The number of hydrogen-bond donors (Lipinski definition) is 1. The smallest absolute Gasteiger partial charge is 0.243 e. The molecule has 0 atom stereocenters. The summed E-state index contributed by atoms with van der Waals surface area (Å²) in [5, 5.41) is 3.13. The van der Waals surface area contributed by atoms with Crippen LogP contribution in [0.3, 0.4) is 0 Å². The molecule has 2 heterocycles. The molecular formula is C17H17ClFN3O3S2. The highest BCUT2D eigenvalue weighted by atomic mass is 35.5. The lowest BCUT2D eigenvalue weighted by Crippen LogP contribution is -2.35.